The van der Waals surface area contributed by atoms with Gasteiger partial charge in [0.1, 0.15) is 0 Å². The van der Waals surface area contributed by atoms with Gasteiger partial charge in [0.15, 0.2) is 0 Å². The van der Waals surface area contributed by atoms with E-state index in [0.717, 1.165) is 17.5 Å². The zero-order valence-electron chi connectivity index (χ0n) is 17.2. The third kappa shape index (κ3) is 5.64. The zero-order chi connectivity index (χ0) is 20.6. The molecule has 0 unspecified atom stereocenters. The van der Waals surface area contributed by atoms with Crippen molar-refractivity contribution in [3.8, 4) is 11.4 Å². The summed E-state index contributed by atoms with van der Waals surface area (Å²) in [5, 5.41) is 4.08. The van der Waals surface area contributed by atoms with Crippen LogP contribution in [0.15, 0.2) is 65.2 Å². The molecule has 0 bridgehead atoms. The van der Waals surface area contributed by atoms with Gasteiger partial charge in [-0.1, -0.05) is 72.2 Å². The summed E-state index contributed by atoms with van der Waals surface area (Å²) in [6.45, 7) is 6.70. The number of rotatable bonds is 8. The molecule has 1 atom stereocenters. The van der Waals surface area contributed by atoms with E-state index in [1.54, 1.807) is 6.08 Å². The van der Waals surface area contributed by atoms with Gasteiger partial charge >= 0.3 is 0 Å². The first-order valence-electron chi connectivity index (χ1n) is 10.00. The second-order valence-corrected chi connectivity index (χ2v) is 7.16. The van der Waals surface area contributed by atoms with Crippen LogP contribution in [0.3, 0.4) is 0 Å². The molecule has 0 spiro atoms. The first kappa shape index (κ1) is 20.5. The number of carbonyl (C=O) groups is 1. The van der Waals surface area contributed by atoms with E-state index in [4.69, 9.17) is 4.52 Å². The molecule has 5 heteroatoms. The van der Waals surface area contributed by atoms with Gasteiger partial charge in [0.2, 0.25) is 17.6 Å². The maximum atomic E-state index is 12.8. The molecule has 3 rings (SSSR count). The normalized spacial score (nSPS) is 12.2. The van der Waals surface area contributed by atoms with Crippen LogP contribution in [-0.2, 0) is 11.2 Å². The van der Waals surface area contributed by atoms with Crippen molar-refractivity contribution in [2.45, 2.75) is 39.7 Å². The van der Waals surface area contributed by atoms with E-state index in [1.807, 2.05) is 72.5 Å². The summed E-state index contributed by atoms with van der Waals surface area (Å²) in [4.78, 5) is 19.1. The first-order chi connectivity index (χ1) is 14.1. The average Bonchev–Trinajstić information content (AvgIpc) is 3.22. The quantitative estimate of drug-likeness (QED) is 0.513. The van der Waals surface area contributed by atoms with Gasteiger partial charge in [-0.05, 0) is 31.9 Å². The Bertz CT molecular complexity index is 946. The molecule has 0 N–H and O–H groups in total. The number of hydrogen-bond donors (Lipinski definition) is 0. The highest BCUT2D eigenvalue weighted by molar-refractivity contribution is 5.92. The molecule has 0 aliphatic heterocycles. The highest BCUT2D eigenvalue weighted by Crippen LogP contribution is 2.17. The lowest BCUT2D eigenvalue weighted by atomic mass is 10.1. The van der Waals surface area contributed by atoms with Crippen molar-refractivity contribution < 1.29 is 9.32 Å². The van der Waals surface area contributed by atoms with Crippen LogP contribution < -0.4 is 0 Å². The molecule has 5 nitrogen and oxygen atoms in total. The lowest BCUT2D eigenvalue weighted by Gasteiger charge is -2.27. The van der Waals surface area contributed by atoms with Gasteiger partial charge < -0.3 is 9.42 Å². The summed E-state index contributed by atoms with van der Waals surface area (Å²) in [6, 6.07) is 17.9. The molecular formula is C24H27N3O2. The number of carbonyl (C=O) groups excluding carboxylic acids is 1. The Morgan fingerprint density at radius 1 is 1.14 bits per heavy atom. The third-order valence-corrected chi connectivity index (χ3v) is 4.97. The van der Waals surface area contributed by atoms with E-state index >= 15 is 0 Å². The number of aryl methyl sites for hydroxylation is 1. The summed E-state index contributed by atoms with van der Waals surface area (Å²) in [6.07, 6.45) is 4.88. The van der Waals surface area contributed by atoms with Gasteiger partial charge in [-0.15, -0.1) is 0 Å². The minimum atomic E-state index is -0.0125. The predicted octanol–water partition coefficient (Wildman–Crippen LogP) is 4.93. The minimum absolute atomic E-state index is 0.0125. The Morgan fingerprint density at radius 3 is 2.55 bits per heavy atom. The van der Waals surface area contributed by atoms with E-state index in [-0.39, 0.29) is 11.9 Å². The van der Waals surface area contributed by atoms with Crippen LogP contribution in [-0.4, -0.2) is 33.5 Å². The number of nitrogens with zero attached hydrogens (tertiary/aromatic N) is 3. The molecule has 0 radical (unpaired) electrons. The summed E-state index contributed by atoms with van der Waals surface area (Å²) in [5.41, 5.74) is 3.11. The minimum Gasteiger partial charge on any atom is -0.339 e. The van der Waals surface area contributed by atoms with Crippen molar-refractivity contribution in [1.29, 1.82) is 0 Å². The maximum Gasteiger partial charge on any atom is 0.246 e. The van der Waals surface area contributed by atoms with Gasteiger partial charge in [0, 0.05) is 30.6 Å². The smallest absolute Gasteiger partial charge is 0.246 e. The second-order valence-electron chi connectivity index (χ2n) is 7.16. The fraction of sp³-hybridized carbons (Fsp3) is 0.292. The molecule has 150 valence electrons. The van der Waals surface area contributed by atoms with Crippen molar-refractivity contribution >= 4 is 12.0 Å². The SMILES string of the molecule is CC[C@@H](C)N(CCc1nc(-c2ccc(C)cc2)no1)C(=O)/C=C/c1ccccc1. The zero-order valence-corrected chi connectivity index (χ0v) is 17.2. The fourth-order valence-electron chi connectivity index (χ4n) is 2.99. The molecule has 2 aromatic carbocycles. The topological polar surface area (TPSA) is 59.2 Å². The van der Waals surface area contributed by atoms with Crippen LogP contribution in [0.25, 0.3) is 17.5 Å². The lowest BCUT2D eigenvalue weighted by Crippen LogP contribution is -2.38. The molecule has 29 heavy (non-hydrogen) atoms. The Labute approximate surface area is 172 Å². The molecule has 0 aliphatic carbocycles. The van der Waals surface area contributed by atoms with Crippen molar-refractivity contribution in [2.24, 2.45) is 0 Å². The highest BCUT2D eigenvalue weighted by Gasteiger charge is 2.18. The van der Waals surface area contributed by atoms with Gasteiger partial charge in [-0.25, -0.2) is 0 Å². The van der Waals surface area contributed by atoms with Crippen molar-refractivity contribution in [3.63, 3.8) is 0 Å². The summed E-state index contributed by atoms with van der Waals surface area (Å²) < 4.78 is 5.41. The number of aromatic nitrogens is 2. The predicted molar refractivity (Wildman–Crippen MR) is 115 cm³/mol. The molecular weight excluding hydrogens is 362 g/mol. The standard InChI is InChI=1S/C24H27N3O2/c1-4-19(3)27(23(28)15-12-20-8-6-5-7-9-20)17-16-22-25-24(26-29-22)21-13-10-18(2)11-14-21/h5-15,19H,4,16-17H2,1-3H3/b15-12+/t19-/m1/s1. The average molecular weight is 389 g/mol. The van der Waals surface area contributed by atoms with E-state index < -0.39 is 0 Å². The Kier molecular flexibility index (Phi) is 6.95. The monoisotopic (exact) mass is 389 g/mol. The molecule has 0 fully saturated rings. The van der Waals surface area contributed by atoms with Crippen LogP contribution in [0.1, 0.15) is 37.3 Å². The van der Waals surface area contributed by atoms with E-state index in [0.29, 0.717) is 24.7 Å². The van der Waals surface area contributed by atoms with Crippen LogP contribution in [0, 0.1) is 6.92 Å². The summed E-state index contributed by atoms with van der Waals surface area (Å²) >= 11 is 0. The molecule has 1 heterocycles. The van der Waals surface area contributed by atoms with Gasteiger partial charge in [-0.3, -0.25) is 4.79 Å². The second kappa shape index (κ2) is 9.82. The third-order valence-electron chi connectivity index (χ3n) is 4.97. The van der Waals surface area contributed by atoms with Gasteiger partial charge in [0.05, 0.1) is 0 Å². The van der Waals surface area contributed by atoms with Gasteiger partial charge in [0.25, 0.3) is 0 Å². The Morgan fingerprint density at radius 2 is 1.86 bits per heavy atom. The van der Waals surface area contributed by atoms with Crippen LogP contribution in [0.2, 0.25) is 0 Å². The Hall–Kier alpha value is -3.21. The number of amides is 1. The van der Waals surface area contributed by atoms with E-state index in [9.17, 15) is 4.79 Å². The van der Waals surface area contributed by atoms with E-state index in [1.165, 1.54) is 5.56 Å². The van der Waals surface area contributed by atoms with Crippen LogP contribution in [0.4, 0.5) is 0 Å². The van der Waals surface area contributed by atoms with Crippen molar-refractivity contribution in [2.75, 3.05) is 6.54 Å². The summed E-state index contributed by atoms with van der Waals surface area (Å²) in [7, 11) is 0. The van der Waals surface area contributed by atoms with Crippen molar-refractivity contribution in [1.82, 2.24) is 15.0 Å². The molecule has 0 saturated heterocycles. The fourth-order valence-corrected chi connectivity index (χ4v) is 2.99. The number of hydrogen-bond acceptors (Lipinski definition) is 4. The molecule has 1 aromatic heterocycles. The van der Waals surface area contributed by atoms with Crippen LogP contribution >= 0.6 is 0 Å². The first-order valence-corrected chi connectivity index (χ1v) is 10.00. The molecule has 0 aliphatic rings. The number of benzene rings is 2. The van der Waals surface area contributed by atoms with E-state index in [2.05, 4.69) is 24.0 Å². The Balaban J connectivity index is 1.65. The van der Waals surface area contributed by atoms with Gasteiger partial charge in [-0.2, -0.15) is 4.98 Å². The largest absolute Gasteiger partial charge is 0.339 e. The lowest BCUT2D eigenvalue weighted by molar-refractivity contribution is -0.128. The van der Waals surface area contributed by atoms with Crippen molar-refractivity contribution in [3.05, 3.63) is 77.7 Å². The molecule has 3 aromatic rings. The van der Waals surface area contributed by atoms with Crippen LogP contribution in [0.5, 0.6) is 0 Å². The highest BCUT2D eigenvalue weighted by atomic mass is 16.5. The molecule has 1 amide bonds. The maximum absolute atomic E-state index is 12.8. The summed E-state index contributed by atoms with van der Waals surface area (Å²) in [5.74, 6) is 1.10. The molecule has 0 saturated carbocycles.